The highest BCUT2D eigenvalue weighted by Crippen LogP contribution is 2.31. The molecule has 2 heterocycles. The summed E-state index contributed by atoms with van der Waals surface area (Å²) in [7, 11) is 0. The van der Waals surface area contributed by atoms with Crippen LogP contribution in [-0.4, -0.2) is 33.8 Å². The van der Waals surface area contributed by atoms with Crippen LogP contribution in [0.25, 0.3) is 0 Å². The number of aromatic nitrogens is 3. The van der Waals surface area contributed by atoms with Crippen molar-refractivity contribution >= 4 is 34.8 Å². The summed E-state index contributed by atoms with van der Waals surface area (Å²) in [5, 5.41) is 12.7. The molecule has 1 aromatic heterocycles. The Morgan fingerprint density at radius 3 is 2.90 bits per heavy atom. The van der Waals surface area contributed by atoms with Crippen molar-refractivity contribution in [2.45, 2.75) is 12.8 Å². The Hall–Kier alpha value is -2.41. The zero-order chi connectivity index (χ0) is 14.8. The third kappa shape index (κ3) is 2.73. The monoisotopic (exact) mass is 305 g/mol. The molecule has 3 rings (SSSR count). The van der Waals surface area contributed by atoms with Crippen molar-refractivity contribution in [3.05, 3.63) is 35.1 Å². The Morgan fingerprint density at radius 2 is 2.29 bits per heavy atom. The molecule has 1 aliphatic heterocycles. The summed E-state index contributed by atoms with van der Waals surface area (Å²) < 4.78 is 0. The van der Waals surface area contributed by atoms with E-state index in [4.69, 9.17) is 11.6 Å². The number of halogens is 1. The van der Waals surface area contributed by atoms with Crippen LogP contribution in [0.2, 0.25) is 5.02 Å². The standard InChI is InChI=1S/C13H12ClN5O2/c14-9-6-8(16-13(21)10-7-15-18-17-10)3-4-11(9)19-5-1-2-12(19)20/h3-4,6-7H,1-2,5H2,(H,16,21)(H,15,17,18). The number of nitrogens with one attached hydrogen (secondary N) is 2. The van der Waals surface area contributed by atoms with Gasteiger partial charge in [0.15, 0.2) is 5.69 Å². The fourth-order valence-electron chi connectivity index (χ4n) is 2.21. The van der Waals surface area contributed by atoms with Crippen LogP contribution in [0.15, 0.2) is 24.4 Å². The lowest BCUT2D eigenvalue weighted by molar-refractivity contribution is -0.117. The van der Waals surface area contributed by atoms with Crippen molar-refractivity contribution in [3.63, 3.8) is 0 Å². The molecule has 2 amide bonds. The van der Waals surface area contributed by atoms with E-state index in [1.165, 1.54) is 6.20 Å². The van der Waals surface area contributed by atoms with Gasteiger partial charge in [0.2, 0.25) is 5.91 Å². The number of hydrogen-bond donors (Lipinski definition) is 2. The van der Waals surface area contributed by atoms with Crippen molar-refractivity contribution < 1.29 is 9.59 Å². The number of nitrogens with zero attached hydrogens (tertiary/aromatic N) is 3. The number of aromatic amines is 1. The molecule has 1 fully saturated rings. The van der Waals surface area contributed by atoms with Crippen LogP contribution in [0.4, 0.5) is 11.4 Å². The third-order valence-corrected chi connectivity index (χ3v) is 3.52. The predicted octanol–water partition coefficient (Wildman–Crippen LogP) is 1.84. The molecule has 2 aromatic rings. The van der Waals surface area contributed by atoms with E-state index in [9.17, 15) is 9.59 Å². The number of carbonyl (C=O) groups excluding carboxylic acids is 2. The zero-order valence-electron chi connectivity index (χ0n) is 11.0. The van der Waals surface area contributed by atoms with E-state index in [0.717, 1.165) is 6.42 Å². The van der Waals surface area contributed by atoms with Gasteiger partial charge >= 0.3 is 0 Å². The molecular formula is C13H12ClN5O2. The van der Waals surface area contributed by atoms with E-state index in [0.29, 0.717) is 29.4 Å². The van der Waals surface area contributed by atoms with Crippen LogP contribution < -0.4 is 10.2 Å². The van der Waals surface area contributed by atoms with Gasteiger partial charge in [0, 0.05) is 18.7 Å². The normalized spacial score (nSPS) is 14.5. The van der Waals surface area contributed by atoms with Gasteiger partial charge in [-0.2, -0.15) is 15.4 Å². The first-order valence-corrected chi connectivity index (χ1v) is 6.80. The van der Waals surface area contributed by atoms with Crippen LogP contribution in [-0.2, 0) is 4.79 Å². The van der Waals surface area contributed by atoms with Crippen LogP contribution in [0, 0.1) is 0 Å². The first-order chi connectivity index (χ1) is 10.1. The topological polar surface area (TPSA) is 91.0 Å². The largest absolute Gasteiger partial charge is 0.320 e. The van der Waals surface area contributed by atoms with Crippen molar-refractivity contribution in [1.29, 1.82) is 0 Å². The lowest BCUT2D eigenvalue weighted by atomic mass is 10.2. The third-order valence-electron chi connectivity index (χ3n) is 3.22. The maximum absolute atomic E-state index is 11.8. The molecule has 8 heteroatoms. The van der Waals surface area contributed by atoms with E-state index in [2.05, 4.69) is 20.7 Å². The van der Waals surface area contributed by atoms with Gasteiger partial charge < -0.3 is 10.2 Å². The van der Waals surface area contributed by atoms with Crippen molar-refractivity contribution in [2.24, 2.45) is 0 Å². The quantitative estimate of drug-likeness (QED) is 0.905. The second kappa shape index (κ2) is 5.53. The van der Waals surface area contributed by atoms with Gasteiger partial charge in [-0.1, -0.05) is 11.6 Å². The first kappa shape index (κ1) is 13.6. The maximum Gasteiger partial charge on any atom is 0.277 e. The average Bonchev–Trinajstić information content (AvgIpc) is 3.10. The van der Waals surface area contributed by atoms with E-state index in [-0.39, 0.29) is 17.5 Å². The minimum absolute atomic E-state index is 0.0660. The Labute approximate surface area is 125 Å². The smallest absolute Gasteiger partial charge is 0.277 e. The maximum atomic E-state index is 11.8. The molecule has 7 nitrogen and oxygen atoms in total. The number of carbonyl (C=O) groups is 2. The van der Waals surface area contributed by atoms with E-state index in [1.54, 1.807) is 23.1 Å². The van der Waals surface area contributed by atoms with Gasteiger partial charge in [-0.3, -0.25) is 9.59 Å². The first-order valence-electron chi connectivity index (χ1n) is 6.42. The molecule has 0 bridgehead atoms. The second-order valence-electron chi connectivity index (χ2n) is 4.62. The van der Waals surface area contributed by atoms with Gasteiger partial charge in [0.05, 0.1) is 16.9 Å². The summed E-state index contributed by atoms with van der Waals surface area (Å²) in [5.41, 5.74) is 1.38. The van der Waals surface area contributed by atoms with Crippen LogP contribution >= 0.6 is 11.6 Å². The summed E-state index contributed by atoms with van der Waals surface area (Å²) in [5.74, 6) is -0.318. The summed E-state index contributed by atoms with van der Waals surface area (Å²) in [4.78, 5) is 25.2. The Kier molecular flexibility index (Phi) is 3.57. The molecule has 0 unspecified atom stereocenters. The summed E-state index contributed by atoms with van der Waals surface area (Å²) in [6, 6.07) is 5.04. The minimum Gasteiger partial charge on any atom is -0.320 e. The van der Waals surface area contributed by atoms with Gasteiger partial charge in [0.1, 0.15) is 0 Å². The highest BCUT2D eigenvalue weighted by atomic mass is 35.5. The molecule has 0 aliphatic carbocycles. The fraction of sp³-hybridized carbons (Fsp3) is 0.231. The van der Waals surface area contributed by atoms with Gasteiger partial charge in [-0.05, 0) is 24.6 Å². The minimum atomic E-state index is -0.384. The molecule has 0 saturated carbocycles. The Morgan fingerprint density at radius 1 is 1.43 bits per heavy atom. The number of amides is 2. The van der Waals surface area contributed by atoms with E-state index in [1.807, 2.05) is 0 Å². The van der Waals surface area contributed by atoms with Crippen molar-refractivity contribution in [1.82, 2.24) is 15.4 Å². The summed E-state index contributed by atoms with van der Waals surface area (Å²) >= 11 is 6.20. The lowest BCUT2D eigenvalue weighted by Gasteiger charge is -2.17. The van der Waals surface area contributed by atoms with E-state index < -0.39 is 0 Å². The molecule has 2 N–H and O–H groups in total. The lowest BCUT2D eigenvalue weighted by Crippen LogP contribution is -2.24. The molecule has 0 spiro atoms. The summed E-state index contributed by atoms with van der Waals surface area (Å²) in [6.07, 6.45) is 2.70. The van der Waals surface area contributed by atoms with Gasteiger partial charge in [-0.15, -0.1) is 0 Å². The van der Waals surface area contributed by atoms with Crippen molar-refractivity contribution in [2.75, 3.05) is 16.8 Å². The average molecular weight is 306 g/mol. The van der Waals surface area contributed by atoms with Gasteiger partial charge in [-0.25, -0.2) is 0 Å². The molecule has 1 aromatic carbocycles. The second-order valence-corrected chi connectivity index (χ2v) is 5.03. The van der Waals surface area contributed by atoms with Crippen LogP contribution in [0.1, 0.15) is 23.3 Å². The molecule has 0 radical (unpaired) electrons. The molecule has 108 valence electrons. The Balaban J connectivity index is 1.78. The number of anilines is 2. The molecule has 0 atom stereocenters. The number of benzene rings is 1. The van der Waals surface area contributed by atoms with Gasteiger partial charge in [0.25, 0.3) is 5.91 Å². The summed E-state index contributed by atoms with van der Waals surface area (Å²) in [6.45, 7) is 0.670. The predicted molar refractivity (Wildman–Crippen MR) is 77.4 cm³/mol. The Bertz CT molecular complexity index is 686. The number of H-pyrrole nitrogens is 1. The number of rotatable bonds is 3. The molecule has 21 heavy (non-hydrogen) atoms. The SMILES string of the molecule is O=C(Nc1ccc(N2CCCC2=O)c(Cl)c1)c1cn[nH]n1. The highest BCUT2D eigenvalue weighted by Gasteiger charge is 2.23. The molecule has 1 saturated heterocycles. The molecular weight excluding hydrogens is 294 g/mol. The van der Waals surface area contributed by atoms with Crippen molar-refractivity contribution in [3.8, 4) is 0 Å². The van der Waals surface area contributed by atoms with E-state index >= 15 is 0 Å². The number of hydrogen-bond acceptors (Lipinski definition) is 4. The zero-order valence-corrected chi connectivity index (χ0v) is 11.7. The highest BCUT2D eigenvalue weighted by molar-refractivity contribution is 6.34. The molecule has 1 aliphatic rings. The van der Waals surface area contributed by atoms with Crippen LogP contribution in [0.5, 0.6) is 0 Å². The van der Waals surface area contributed by atoms with Crippen LogP contribution in [0.3, 0.4) is 0 Å². The fourth-order valence-corrected chi connectivity index (χ4v) is 2.50.